The molecule has 2 heterocycles. The lowest BCUT2D eigenvalue weighted by molar-refractivity contribution is 0.490. The molecule has 3 aromatic rings. The predicted molar refractivity (Wildman–Crippen MR) is 78.5 cm³/mol. The zero-order chi connectivity index (χ0) is 13.8. The van der Waals surface area contributed by atoms with Gasteiger partial charge >= 0.3 is 0 Å². The molecule has 1 unspecified atom stereocenters. The van der Waals surface area contributed by atoms with Crippen LogP contribution >= 0.6 is 0 Å². The van der Waals surface area contributed by atoms with E-state index in [0.29, 0.717) is 0 Å². The van der Waals surface area contributed by atoms with Gasteiger partial charge in [-0.05, 0) is 36.8 Å². The van der Waals surface area contributed by atoms with Crippen molar-refractivity contribution in [2.75, 3.05) is 5.32 Å². The van der Waals surface area contributed by atoms with Gasteiger partial charge in [0, 0.05) is 18.1 Å². The highest BCUT2D eigenvalue weighted by Crippen LogP contribution is 2.23. The first kappa shape index (κ1) is 12.5. The molecule has 0 amide bonds. The Hall–Kier alpha value is -2.49. The molecule has 0 spiro atoms. The largest absolute Gasteiger partial charge is 0.467 e. The van der Waals surface area contributed by atoms with Gasteiger partial charge in [0.2, 0.25) is 0 Å². The number of aromatic nitrogens is 2. The summed E-state index contributed by atoms with van der Waals surface area (Å²) in [6.45, 7) is 2.84. The summed E-state index contributed by atoms with van der Waals surface area (Å²) in [4.78, 5) is 0. The van der Waals surface area contributed by atoms with Crippen LogP contribution < -0.4 is 5.32 Å². The van der Waals surface area contributed by atoms with Crippen molar-refractivity contribution in [3.63, 3.8) is 0 Å². The number of benzene rings is 1. The summed E-state index contributed by atoms with van der Waals surface area (Å²) in [5, 5.41) is 7.74. The highest BCUT2D eigenvalue weighted by molar-refractivity contribution is 5.52. The number of para-hydroxylation sites is 1. The van der Waals surface area contributed by atoms with Gasteiger partial charge in [-0.1, -0.05) is 18.2 Å². The number of nitrogens with zero attached hydrogens (tertiary/aromatic N) is 2. The minimum absolute atomic E-state index is 0.128. The SMILES string of the molecule is CC(Nc1ccccc1Cn1cccn1)c1ccco1. The number of nitrogens with one attached hydrogen (secondary N) is 1. The second-order valence-corrected chi connectivity index (χ2v) is 4.74. The summed E-state index contributed by atoms with van der Waals surface area (Å²) < 4.78 is 7.35. The molecule has 0 aliphatic rings. The van der Waals surface area contributed by atoms with Gasteiger partial charge in [-0.25, -0.2) is 0 Å². The molecule has 1 atom stereocenters. The Kier molecular flexibility index (Phi) is 3.54. The first-order valence-electron chi connectivity index (χ1n) is 6.68. The van der Waals surface area contributed by atoms with Crippen LogP contribution in [-0.2, 0) is 6.54 Å². The highest BCUT2D eigenvalue weighted by atomic mass is 16.3. The molecule has 1 aromatic carbocycles. The number of hydrogen-bond donors (Lipinski definition) is 1. The number of anilines is 1. The Labute approximate surface area is 118 Å². The summed E-state index contributed by atoms with van der Waals surface area (Å²) in [7, 11) is 0. The molecular formula is C16H17N3O. The van der Waals surface area contributed by atoms with E-state index in [4.69, 9.17) is 4.42 Å². The molecular weight excluding hydrogens is 250 g/mol. The van der Waals surface area contributed by atoms with Crippen molar-refractivity contribution in [1.82, 2.24) is 9.78 Å². The fourth-order valence-corrected chi connectivity index (χ4v) is 2.21. The van der Waals surface area contributed by atoms with Gasteiger partial charge in [-0.15, -0.1) is 0 Å². The van der Waals surface area contributed by atoms with Gasteiger partial charge in [-0.3, -0.25) is 4.68 Å². The molecule has 2 aromatic heterocycles. The maximum atomic E-state index is 5.43. The number of furan rings is 1. The van der Waals surface area contributed by atoms with Crippen molar-refractivity contribution >= 4 is 5.69 Å². The maximum Gasteiger partial charge on any atom is 0.125 e. The smallest absolute Gasteiger partial charge is 0.125 e. The Morgan fingerprint density at radius 3 is 2.85 bits per heavy atom. The van der Waals surface area contributed by atoms with Crippen molar-refractivity contribution in [2.45, 2.75) is 19.5 Å². The van der Waals surface area contributed by atoms with Crippen molar-refractivity contribution in [3.05, 3.63) is 72.4 Å². The Morgan fingerprint density at radius 2 is 2.10 bits per heavy atom. The molecule has 0 saturated carbocycles. The average molecular weight is 267 g/mol. The summed E-state index contributed by atoms with van der Waals surface area (Å²) in [5.74, 6) is 0.930. The van der Waals surface area contributed by atoms with E-state index in [0.717, 1.165) is 18.0 Å². The molecule has 20 heavy (non-hydrogen) atoms. The highest BCUT2D eigenvalue weighted by Gasteiger charge is 2.10. The first-order valence-corrected chi connectivity index (χ1v) is 6.68. The molecule has 0 saturated heterocycles. The van der Waals surface area contributed by atoms with Gasteiger partial charge in [0.15, 0.2) is 0 Å². The molecule has 0 bridgehead atoms. The summed E-state index contributed by atoms with van der Waals surface area (Å²) in [6, 6.07) is 14.2. The fraction of sp³-hybridized carbons (Fsp3) is 0.188. The van der Waals surface area contributed by atoms with E-state index in [-0.39, 0.29) is 6.04 Å². The lowest BCUT2D eigenvalue weighted by Gasteiger charge is -2.16. The monoisotopic (exact) mass is 267 g/mol. The van der Waals surface area contributed by atoms with Crippen molar-refractivity contribution in [3.8, 4) is 0 Å². The van der Waals surface area contributed by atoms with Crippen LogP contribution in [0.2, 0.25) is 0 Å². The van der Waals surface area contributed by atoms with Gasteiger partial charge in [0.05, 0.1) is 18.8 Å². The predicted octanol–water partition coefficient (Wildman–Crippen LogP) is 3.70. The fourth-order valence-electron chi connectivity index (χ4n) is 2.21. The molecule has 0 radical (unpaired) electrons. The zero-order valence-electron chi connectivity index (χ0n) is 11.4. The molecule has 102 valence electrons. The van der Waals surface area contributed by atoms with E-state index in [9.17, 15) is 0 Å². The number of hydrogen-bond acceptors (Lipinski definition) is 3. The third-order valence-corrected chi connectivity index (χ3v) is 3.25. The van der Waals surface area contributed by atoms with Gasteiger partial charge < -0.3 is 9.73 Å². The van der Waals surface area contributed by atoms with E-state index in [1.807, 2.05) is 41.2 Å². The van der Waals surface area contributed by atoms with Crippen molar-refractivity contribution < 1.29 is 4.42 Å². The minimum atomic E-state index is 0.128. The second kappa shape index (κ2) is 5.65. The minimum Gasteiger partial charge on any atom is -0.467 e. The molecule has 4 nitrogen and oxygen atoms in total. The Balaban J connectivity index is 1.79. The quantitative estimate of drug-likeness (QED) is 0.766. The topological polar surface area (TPSA) is 43.0 Å². The van der Waals surface area contributed by atoms with Crippen LogP contribution in [0.5, 0.6) is 0 Å². The third kappa shape index (κ3) is 2.74. The van der Waals surface area contributed by atoms with Gasteiger partial charge in [0.1, 0.15) is 5.76 Å². The van der Waals surface area contributed by atoms with E-state index in [1.54, 1.807) is 12.5 Å². The lowest BCUT2D eigenvalue weighted by atomic mass is 10.1. The van der Waals surface area contributed by atoms with Crippen LogP contribution in [0.25, 0.3) is 0 Å². The van der Waals surface area contributed by atoms with Gasteiger partial charge in [-0.2, -0.15) is 5.10 Å². The Morgan fingerprint density at radius 1 is 1.20 bits per heavy atom. The standard InChI is InChI=1S/C16H17N3O/c1-13(16-8-4-11-20-16)18-15-7-3-2-6-14(15)12-19-10-5-9-17-19/h2-11,13,18H,12H2,1H3. The van der Waals surface area contributed by atoms with Crippen LogP contribution in [0.15, 0.2) is 65.5 Å². The second-order valence-electron chi connectivity index (χ2n) is 4.74. The van der Waals surface area contributed by atoms with Crippen LogP contribution in [-0.4, -0.2) is 9.78 Å². The molecule has 4 heteroatoms. The van der Waals surface area contributed by atoms with Crippen LogP contribution in [0.4, 0.5) is 5.69 Å². The van der Waals surface area contributed by atoms with Crippen LogP contribution in [0.1, 0.15) is 24.3 Å². The average Bonchev–Trinajstić information content (AvgIpc) is 3.13. The molecule has 0 fully saturated rings. The zero-order valence-corrected chi connectivity index (χ0v) is 11.4. The van der Waals surface area contributed by atoms with Crippen molar-refractivity contribution in [2.24, 2.45) is 0 Å². The van der Waals surface area contributed by atoms with Gasteiger partial charge in [0.25, 0.3) is 0 Å². The summed E-state index contributed by atoms with van der Waals surface area (Å²) >= 11 is 0. The van der Waals surface area contributed by atoms with E-state index < -0.39 is 0 Å². The summed E-state index contributed by atoms with van der Waals surface area (Å²) in [5.41, 5.74) is 2.31. The van der Waals surface area contributed by atoms with E-state index >= 15 is 0 Å². The van der Waals surface area contributed by atoms with Crippen molar-refractivity contribution in [1.29, 1.82) is 0 Å². The van der Waals surface area contributed by atoms with Crippen LogP contribution in [0.3, 0.4) is 0 Å². The number of rotatable bonds is 5. The normalized spacial score (nSPS) is 12.2. The molecule has 3 rings (SSSR count). The van der Waals surface area contributed by atoms with Crippen LogP contribution in [0, 0.1) is 0 Å². The third-order valence-electron chi connectivity index (χ3n) is 3.25. The molecule has 0 aliphatic heterocycles. The molecule has 1 N–H and O–H groups in total. The summed E-state index contributed by atoms with van der Waals surface area (Å²) in [6.07, 6.45) is 5.46. The van der Waals surface area contributed by atoms with E-state index in [1.165, 1.54) is 5.56 Å². The maximum absolute atomic E-state index is 5.43. The Bertz CT molecular complexity index is 644. The molecule has 0 aliphatic carbocycles. The first-order chi connectivity index (χ1) is 9.83. The van der Waals surface area contributed by atoms with E-state index in [2.05, 4.69) is 29.5 Å². The lowest BCUT2D eigenvalue weighted by Crippen LogP contribution is -2.09.